The number of carbonyl (C=O) groups is 3. The zero-order valence-corrected chi connectivity index (χ0v) is 12.0. The highest BCUT2D eigenvalue weighted by Crippen LogP contribution is 2.22. The summed E-state index contributed by atoms with van der Waals surface area (Å²) in [5, 5.41) is 0. The summed E-state index contributed by atoms with van der Waals surface area (Å²) in [6.07, 6.45) is 0. The fourth-order valence-electron chi connectivity index (χ4n) is 2.03. The van der Waals surface area contributed by atoms with Gasteiger partial charge in [-0.3, -0.25) is 19.3 Å². The highest BCUT2D eigenvalue weighted by atomic mass is 16.2. The van der Waals surface area contributed by atoms with Crippen molar-refractivity contribution in [2.45, 2.75) is 47.1 Å². The minimum Gasteiger partial charge on any atom is -0.324 e. The molecule has 0 saturated carbocycles. The average Bonchev–Trinajstić information content (AvgIpc) is 2.11. The van der Waals surface area contributed by atoms with Crippen molar-refractivity contribution in [3.05, 3.63) is 0 Å². The largest absolute Gasteiger partial charge is 0.324 e. The second-order valence-electron chi connectivity index (χ2n) is 6.70. The third-order valence-electron chi connectivity index (χ3n) is 2.75. The van der Waals surface area contributed by atoms with Crippen LogP contribution in [0.25, 0.3) is 0 Å². The van der Waals surface area contributed by atoms with E-state index in [-0.39, 0.29) is 30.8 Å². The number of imide groups is 1. The van der Waals surface area contributed by atoms with E-state index in [9.17, 15) is 14.4 Å². The Balaban J connectivity index is 2.90. The normalized spacial score (nSPS) is 18.3. The molecule has 5 nitrogen and oxygen atoms in total. The van der Waals surface area contributed by atoms with Crippen molar-refractivity contribution in [3.63, 3.8) is 0 Å². The van der Waals surface area contributed by atoms with Crippen LogP contribution in [0.2, 0.25) is 0 Å². The molecule has 0 atom stereocenters. The standard InChI is InChI=1S/C13H22N2O3/c1-12(2,3)11(18)14-7-9(16)15(10(17)8-14)13(4,5)6/h7-8H2,1-6H3. The van der Waals surface area contributed by atoms with Crippen LogP contribution >= 0.6 is 0 Å². The molecule has 0 radical (unpaired) electrons. The first kappa shape index (κ1) is 14.7. The van der Waals surface area contributed by atoms with Gasteiger partial charge in [0.2, 0.25) is 17.7 Å². The highest BCUT2D eigenvalue weighted by Gasteiger charge is 2.41. The molecule has 5 heteroatoms. The lowest BCUT2D eigenvalue weighted by atomic mass is 9.94. The van der Waals surface area contributed by atoms with Gasteiger partial charge in [-0.05, 0) is 20.8 Å². The van der Waals surface area contributed by atoms with Crippen LogP contribution in [-0.2, 0) is 14.4 Å². The van der Waals surface area contributed by atoms with Gasteiger partial charge in [0, 0.05) is 11.0 Å². The van der Waals surface area contributed by atoms with Gasteiger partial charge in [0.1, 0.15) is 13.1 Å². The number of hydrogen-bond acceptors (Lipinski definition) is 3. The topological polar surface area (TPSA) is 57.7 Å². The van der Waals surface area contributed by atoms with Crippen LogP contribution in [0.3, 0.4) is 0 Å². The molecule has 0 spiro atoms. The van der Waals surface area contributed by atoms with Gasteiger partial charge in [0.05, 0.1) is 0 Å². The number of nitrogens with zero attached hydrogens (tertiary/aromatic N) is 2. The maximum Gasteiger partial charge on any atom is 0.249 e. The van der Waals surface area contributed by atoms with Gasteiger partial charge < -0.3 is 4.90 Å². The van der Waals surface area contributed by atoms with E-state index in [2.05, 4.69) is 0 Å². The number of hydrogen-bond donors (Lipinski definition) is 0. The van der Waals surface area contributed by atoms with E-state index in [1.807, 2.05) is 20.8 Å². The summed E-state index contributed by atoms with van der Waals surface area (Å²) in [5.74, 6) is -0.787. The van der Waals surface area contributed by atoms with Crippen molar-refractivity contribution >= 4 is 17.7 Å². The van der Waals surface area contributed by atoms with Gasteiger partial charge in [-0.15, -0.1) is 0 Å². The van der Waals surface area contributed by atoms with E-state index in [0.29, 0.717) is 0 Å². The smallest absolute Gasteiger partial charge is 0.249 e. The Morgan fingerprint density at radius 1 is 0.944 bits per heavy atom. The minimum absolute atomic E-state index is 0.0148. The molecule has 1 aliphatic rings. The Labute approximate surface area is 108 Å². The Kier molecular flexibility index (Phi) is 3.56. The molecule has 1 fully saturated rings. The van der Waals surface area contributed by atoms with Crippen LogP contribution in [-0.4, -0.2) is 46.1 Å². The van der Waals surface area contributed by atoms with Gasteiger partial charge in [-0.1, -0.05) is 20.8 Å². The third-order valence-corrected chi connectivity index (χ3v) is 2.75. The number of carbonyl (C=O) groups excluding carboxylic acids is 3. The molecule has 0 aromatic rings. The molecule has 1 aliphatic heterocycles. The van der Waals surface area contributed by atoms with Crippen LogP contribution in [0.4, 0.5) is 0 Å². The average molecular weight is 254 g/mol. The fraction of sp³-hybridized carbons (Fsp3) is 0.769. The molecule has 18 heavy (non-hydrogen) atoms. The third kappa shape index (κ3) is 2.89. The number of amides is 3. The van der Waals surface area contributed by atoms with E-state index in [1.54, 1.807) is 20.8 Å². The molecule has 3 amide bonds. The lowest BCUT2D eigenvalue weighted by Crippen LogP contribution is -2.62. The van der Waals surface area contributed by atoms with E-state index < -0.39 is 11.0 Å². The molecule has 102 valence electrons. The zero-order valence-electron chi connectivity index (χ0n) is 12.0. The summed E-state index contributed by atoms with van der Waals surface area (Å²) in [6, 6.07) is 0. The van der Waals surface area contributed by atoms with Crippen LogP contribution in [0, 0.1) is 5.41 Å². The Morgan fingerprint density at radius 3 is 1.61 bits per heavy atom. The predicted octanol–water partition coefficient (Wildman–Crippen LogP) is 1.03. The lowest BCUT2D eigenvalue weighted by Gasteiger charge is -2.41. The molecule has 1 heterocycles. The molecule has 0 aromatic carbocycles. The zero-order chi connectivity index (χ0) is 14.3. The summed E-state index contributed by atoms with van der Waals surface area (Å²) in [7, 11) is 0. The van der Waals surface area contributed by atoms with Crippen LogP contribution in [0.15, 0.2) is 0 Å². The maximum absolute atomic E-state index is 12.1. The highest BCUT2D eigenvalue weighted by molar-refractivity contribution is 6.03. The SMILES string of the molecule is CC(C)(C)C(=O)N1CC(=O)N(C(C)(C)C)C(=O)C1. The quantitative estimate of drug-likeness (QED) is 0.607. The van der Waals surface area contributed by atoms with Crippen LogP contribution < -0.4 is 0 Å². The fourth-order valence-corrected chi connectivity index (χ4v) is 2.03. The summed E-state index contributed by atoms with van der Waals surface area (Å²) in [6.45, 7) is 10.7. The molecule has 0 aliphatic carbocycles. The Hall–Kier alpha value is -1.39. The number of rotatable bonds is 0. The molecule has 0 unspecified atom stereocenters. The first-order valence-corrected chi connectivity index (χ1v) is 6.10. The second-order valence-corrected chi connectivity index (χ2v) is 6.70. The first-order chi connectivity index (χ1) is 7.94. The molecule has 1 rings (SSSR count). The predicted molar refractivity (Wildman–Crippen MR) is 67.6 cm³/mol. The maximum atomic E-state index is 12.1. The Morgan fingerprint density at radius 2 is 1.33 bits per heavy atom. The van der Waals surface area contributed by atoms with Crippen molar-refractivity contribution in [3.8, 4) is 0 Å². The molecular formula is C13H22N2O3. The first-order valence-electron chi connectivity index (χ1n) is 6.10. The van der Waals surface area contributed by atoms with E-state index in [1.165, 1.54) is 9.80 Å². The van der Waals surface area contributed by atoms with Crippen LogP contribution in [0.1, 0.15) is 41.5 Å². The minimum atomic E-state index is -0.579. The van der Waals surface area contributed by atoms with Crippen molar-refractivity contribution in [2.24, 2.45) is 5.41 Å². The van der Waals surface area contributed by atoms with E-state index in [4.69, 9.17) is 0 Å². The molecule has 0 N–H and O–H groups in total. The van der Waals surface area contributed by atoms with Crippen molar-refractivity contribution in [1.29, 1.82) is 0 Å². The van der Waals surface area contributed by atoms with Crippen molar-refractivity contribution in [1.82, 2.24) is 9.80 Å². The van der Waals surface area contributed by atoms with Crippen molar-refractivity contribution < 1.29 is 14.4 Å². The van der Waals surface area contributed by atoms with Gasteiger partial charge in [-0.25, -0.2) is 0 Å². The number of piperazine rings is 1. The van der Waals surface area contributed by atoms with Crippen molar-refractivity contribution in [2.75, 3.05) is 13.1 Å². The van der Waals surface area contributed by atoms with Crippen LogP contribution in [0.5, 0.6) is 0 Å². The van der Waals surface area contributed by atoms with Gasteiger partial charge >= 0.3 is 0 Å². The summed E-state index contributed by atoms with van der Waals surface area (Å²) in [4.78, 5) is 38.7. The Bertz CT molecular complexity index is 370. The molecule has 1 saturated heterocycles. The molecule has 0 bridgehead atoms. The van der Waals surface area contributed by atoms with Gasteiger partial charge in [0.15, 0.2) is 0 Å². The van der Waals surface area contributed by atoms with E-state index >= 15 is 0 Å². The van der Waals surface area contributed by atoms with Gasteiger partial charge in [0.25, 0.3) is 0 Å². The second kappa shape index (κ2) is 4.37. The summed E-state index contributed by atoms with van der Waals surface area (Å²) < 4.78 is 0. The lowest BCUT2D eigenvalue weighted by molar-refractivity contribution is -0.163. The van der Waals surface area contributed by atoms with Gasteiger partial charge in [-0.2, -0.15) is 0 Å². The van der Waals surface area contributed by atoms with E-state index in [0.717, 1.165) is 0 Å². The molecular weight excluding hydrogens is 232 g/mol. The summed E-state index contributed by atoms with van der Waals surface area (Å²) >= 11 is 0. The molecule has 0 aromatic heterocycles. The summed E-state index contributed by atoms with van der Waals surface area (Å²) in [5.41, 5.74) is -1.12. The monoisotopic (exact) mass is 254 g/mol.